The molecule has 1 N–H and O–H groups in total. The van der Waals surface area contributed by atoms with Crippen molar-refractivity contribution in [2.45, 2.75) is 10.9 Å². The summed E-state index contributed by atoms with van der Waals surface area (Å²) in [7, 11) is -2.60. The highest BCUT2D eigenvalue weighted by molar-refractivity contribution is 7.89. The zero-order valence-corrected chi connectivity index (χ0v) is 12.9. The molecule has 1 aromatic rings. The summed E-state index contributed by atoms with van der Waals surface area (Å²) >= 11 is 16.7. The minimum absolute atomic E-state index is 0.000755. The Hall–Kier alpha value is -0.110. The van der Waals surface area contributed by atoms with Gasteiger partial charge in [-0.3, -0.25) is 0 Å². The molecule has 0 fully saturated rings. The van der Waals surface area contributed by atoms with Gasteiger partial charge in [0.15, 0.2) is 5.82 Å². The van der Waals surface area contributed by atoms with Crippen molar-refractivity contribution in [1.82, 2.24) is 4.72 Å². The number of ether oxygens (including phenoxy) is 1. The van der Waals surface area contributed by atoms with Crippen molar-refractivity contribution in [3.05, 3.63) is 28.0 Å². The van der Waals surface area contributed by atoms with E-state index in [1.165, 1.54) is 7.11 Å². The average molecular weight is 351 g/mol. The van der Waals surface area contributed by atoms with Crippen LogP contribution in [0.25, 0.3) is 0 Å². The monoisotopic (exact) mass is 349 g/mol. The van der Waals surface area contributed by atoms with Crippen LogP contribution in [0, 0.1) is 5.82 Å². The van der Waals surface area contributed by atoms with E-state index < -0.39 is 31.8 Å². The molecular formula is C10H11Cl3FNO3S. The van der Waals surface area contributed by atoms with Gasteiger partial charge in [-0.05, 0) is 12.1 Å². The van der Waals surface area contributed by atoms with Gasteiger partial charge < -0.3 is 4.74 Å². The summed E-state index contributed by atoms with van der Waals surface area (Å²) in [6.45, 7) is 0.0798. The molecule has 4 nitrogen and oxygen atoms in total. The van der Waals surface area contributed by atoms with Crippen LogP contribution in [0.5, 0.6) is 0 Å². The maximum atomic E-state index is 13.5. The predicted octanol–water partition coefficient (Wildman–Crippen LogP) is 2.66. The largest absolute Gasteiger partial charge is 0.383 e. The third-order valence-electron chi connectivity index (χ3n) is 2.17. The summed E-state index contributed by atoms with van der Waals surface area (Å²) < 4.78 is 44.6. The highest BCUT2D eigenvalue weighted by atomic mass is 35.5. The highest BCUT2D eigenvalue weighted by Crippen LogP contribution is 2.29. The van der Waals surface area contributed by atoms with Crippen molar-refractivity contribution in [3.8, 4) is 0 Å². The van der Waals surface area contributed by atoms with Gasteiger partial charge in [-0.15, -0.1) is 11.6 Å². The molecule has 0 saturated carbocycles. The number of benzene rings is 1. The Morgan fingerprint density at radius 2 is 2.05 bits per heavy atom. The van der Waals surface area contributed by atoms with E-state index in [1.54, 1.807) is 0 Å². The molecule has 1 rings (SSSR count). The quantitative estimate of drug-likeness (QED) is 0.634. The summed E-state index contributed by atoms with van der Waals surface area (Å²) in [5.41, 5.74) is 0. The Morgan fingerprint density at radius 3 is 2.58 bits per heavy atom. The lowest BCUT2D eigenvalue weighted by Gasteiger charge is -2.16. The lowest BCUT2D eigenvalue weighted by Crippen LogP contribution is -2.39. The standard InChI is InChI=1S/C10H11Cl3FNO3S/c1-18-5-6(4-11)15-19(16,17)8-3-2-7(12)10(14)9(8)13/h2-3,6,15H,4-5H2,1H3. The number of nitrogens with one attached hydrogen (secondary N) is 1. The van der Waals surface area contributed by atoms with Crippen molar-refractivity contribution in [2.24, 2.45) is 0 Å². The molecule has 0 heterocycles. The van der Waals surface area contributed by atoms with Crippen molar-refractivity contribution < 1.29 is 17.5 Å². The van der Waals surface area contributed by atoms with Gasteiger partial charge >= 0.3 is 0 Å². The molecule has 0 aliphatic rings. The van der Waals surface area contributed by atoms with Gasteiger partial charge in [-0.2, -0.15) is 0 Å². The molecule has 0 spiro atoms. The first-order valence-corrected chi connectivity index (χ1v) is 7.81. The first-order chi connectivity index (χ1) is 8.83. The molecule has 0 bridgehead atoms. The molecule has 108 valence electrons. The number of hydrogen-bond acceptors (Lipinski definition) is 3. The summed E-state index contributed by atoms with van der Waals surface area (Å²) in [5, 5.41) is -0.819. The summed E-state index contributed by atoms with van der Waals surface area (Å²) in [4.78, 5) is -0.401. The molecular weight excluding hydrogens is 340 g/mol. The van der Waals surface area contributed by atoms with E-state index in [9.17, 15) is 12.8 Å². The maximum Gasteiger partial charge on any atom is 0.242 e. The second-order valence-electron chi connectivity index (χ2n) is 3.60. The summed E-state index contributed by atoms with van der Waals surface area (Å²) in [6.07, 6.45) is 0. The van der Waals surface area contributed by atoms with Crippen LogP contribution in [-0.2, 0) is 14.8 Å². The fraction of sp³-hybridized carbons (Fsp3) is 0.400. The smallest absolute Gasteiger partial charge is 0.242 e. The van der Waals surface area contributed by atoms with Crippen LogP contribution >= 0.6 is 34.8 Å². The summed E-state index contributed by atoms with van der Waals surface area (Å²) in [6, 6.07) is 1.59. The first kappa shape index (κ1) is 16.9. The molecule has 0 radical (unpaired) electrons. The van der Waals surface area contributed by atoms with Crippen LogP contribution in [0.2, 0.25) is 10.0 Å². The molecule has 0 aliphatic heterocycles. The van der Waals surface area contributed by atoms with Crippen LogP contribution in [0.15, 0.2) is 17.0 Å². The van der Waals surface area contributed by atoms with Crippen molar-refractivity contribution in [3.63, 3.8) is 0 Å². The van der Waals surface area contributed by atoms with Gasteiger partial charge in [0, 0.05) is 13.0 Å². The molecule has 1 unspecified atom stereocenters. The number of rotatable bonds is 6. The van der Waals surface area contributed by atoms with Gasteiger partial charge in [-0.1, -0.05) is 23.2 Å². The van der Waals surface area contributed by atoms with Crippen molar-refractivity contribution in [2.75, 3.05) is 19.6 Å². The Bertz CT molecular complexity index is 553. The minimum atomic E-state index is -4.01. The van der Waals surface area contributed by atoms with Crippen LogP contribution < -0.4 is 4.72 Å². The van der Waals surface area contributed by atoms with Crippen molar-refractivity contribution in [1.29, 1.82) is 0 Å². The van der Waals surface area contributed by atoms with E-state index in [0.717, 1.165) is 12.1 Å². The lowest BCUT2D eigenvalue weighted by molar-refractivity contribution is 0.181. The fourth-order valence-corrected chi connectivity index (χ4v) is 3.53. The molecule has 19 heavy (non-hydrogen) atoms. The van der Waals surface area contributed by atoms with Gasteiger partial charge in [0.1, 0.15) is 4.90 Å². The van der Waals surface area contributed by atoms with E-state index >= 15 is 0 Å². The van der Waals surface area contributed by atoms with Crippen LogP contribution in [0.1, 0.15) is 0 Å². The molecule has 1 aromatic carbocycles. The number of sulfonamides is 1. The second-order valence-corrected chi connectivity index (χ2v) is 6.38. The van der Waals surface area contributed by atoms with E-state index in [-0.39, 0.29) is 17.5 Å². The van der Waals surface area contributed by atoms with Crippen LogP contribution in [0.4, 0.5) is 4.39 Å². The number of halogens is 4. The average Bonchev–Trinajstić information content (AvgIpc) is 2.34. The Morgan fingerprint density at radius 1 is 1.42 bits per heavy atom. The topological polar surface area (TPSA) is 55.4 Å². The molecule has 0 aliphatic carbocycles. The zero-order valence-electron chi connectivity index (χ0n) is 9.79. The normalized spacial score (nSPS) is 13.5. The van der Waals surface area contributed by atoms with E-state index in [1.807, 2.05) is 0 Å². The van der Waals surface area contributed by atoms with Gasteiger partial charge in [0.05, 0.1) is 22.7 Å². The Kier molecular flexibility index (Phi) is 6.29. The highest BCUT2D eigenvalue weighted by Gasteiger charge is 2.24. The predicted molar refractivity (Wildman–Crippen MR) is 73.1 cm³/mol. The van der Waals surface area contributed by atoms with Crippen LogP contribution in [-0.4, -0.2) is 34.1 Å². The van der Waals surface area contributed by atoms with E-state index in [4.69, 9.17) is 39.5 Å². The molecule has 0 amide bonds. The minimum Gasteiger partial charge on any atom is -0.383 e. The fourth-order valence-electron chi connectivity index (χ4n) is 1.31. The Balaban J connectivity index is 3.10. The van der Waals surface area contributed by atoms with E-state index in [2.05, 4.69) is 4.72 Å². The maximum absolute atomic E-state index is 13.5. The van der Waals surface area contributed by atoms with Gasteiger partial charge in [0.2, 0.25) is 10.0 Å². The molecule has 1 atom stereocenters. The Labute approximate surface area is 125 Å². The number of hydrogen-bond donors (Lipinski definition) is 1. The van der Waals surface area contributed by atoms with E-state index in [0.29, 0.717) is 0 Å². The zero-order chi connectivity index (χ0) is 14.6. The lowest BCUT2D eigenvalue weighted by atomic mass is 10.3. The third-order valence-corrected chi connectivity index (χ3v) is 4.87. The first-order valence-electron chi connectivity index (χ1n) is 5.04. The number of methoxy groups -OCH3 is 1. The molecule has 0 saturated heterocycles. The van der Waals surface area contributed by atoms with Gasteiger partial charge in [-0.25, -0.2) is 17.5 Å². The third kappa shape index (κ3) is 4.18. The second kappa shape index (κ2) is 7.06. The SMILES string of the molecule is COCC(CCl)NS(=O)(=O)c1ccc(Cl)c(F)c1Cl. The molecule has 9 heteroatoms. The molecule has 0 aromatic heterocycles. The van der Waals surface area contributed by atoms with Crippen LogP contribution in [0.3, 0.4) is 0 Å². The number of alkyl halides is 1. The van der Waals surface area contributed by atoms with Crippen molar-refractivity contribution >= 4 is 44.8 Å². The van der Waals surface area contributed by atoms with Gasteiger partial charge in [0.25, 0.3) is 0 Å². The summed E-state index contributed by atoms with van der Waals surface area (Å²) in [5.74, 6) is -0.985.